The Morgan fingerprint density at radius 3 is 2.76 bits per heavy atom. The lowest BCUT2D eigenvalue weighted by Gasteiger charge is -2.32. The summed E-state index contributed by atoms with van der Waals surface area (Å²) in [5, 5.41) is 27.7. The average Bonchev–Trinajstić information content (AvgIpc) is 3.30. The Kier molecular flexibility index (Phi) is 7.35. The van der Waals surface area contributed by atoms with Crippen molar-refractivity contribution in [2.75, 3.05) is 25.1 Å². The molecule has 1 saturated heterocycles. The highest BCUT2D eigenvalue weighted by Gasteiger charge is 2.21. The highest BCUT2D eigenvalue weighted by molar-refractivity contribution is 5.72. The number of aryl methyl sites for hydroxylation is 1. The normalized spacial score (nSPS) is 15.5. The van der Waals surface area contributed by atoms with Crippen molar-refractivity contribution in [1.29, 1.82) is 5.26 Å². The number of anilines is 1. The molecular weight excluding hydrogens is 464 g/mol. The van der Waals surface area contributed by atoms with Crippen LogP contribution in [0.15, 0.2) is 60.8 Å². The number of fused-ring (bicyclic) bond motifs is 1. The lowest BCUT2D eigenvalue weighted by Crippen LogP contribution is -2.40. The second-order valence-corrected chi connectivity index (χ2v) is 9.72. The van der Waals surface area contributed by atoms with Crippen LogP contribution in [0.4, 0.5) is 5.82 Å². The summed E-state index contributed by atoms with van der Waals surface area (Å²) in [6.07, 6.45) is 3.78. The minimum Gasteiger partial charge on any atom is -0.507 e. The minimum absolute atomic E-state index is 0.117. The number of phenols is 1. The smallest absolute Gasteiger partial charge is 0.160 e. The second kappa shape index (κ2) is 11.0. The zero-order valence-corrected chi connectivity index (χ0v) is 21.3. The van der Waals surface area contributed by atoms with Crippen LogP contribution >= 0.6 is 0 Å². The molecule has 1 aliphatic rings. The molecule has 8 heteroatoms. The van der Waals surface area contributed by atoms with E-state index in [9.17, 15) is 5.11 Å². The summed E-state index contributed by atoms with van der Waals surface area (Å²) in [6.45, 7) is 6.89. The number of para-hydroxylation sites is 1. The molecule has 1 atom stereocenters. The van der Waals surface area contributed by atoms with Gasteiger partial charge in [0.15, 0.2) is 5.65 Å². The van der Waals surface area contributed by atoms with E-state index in [4.69, 9.17) is 15.0 Å². The first kappa shape index (κ1) is 24.8. The third kappa shape index (κ3) is 5.58. The first-order valence-corrected chi connectivity index (χ1v) is 12.7. The van der Waals surface area contributed by atoms with Crippen LogP contribution in [0.3, 0.4) is 0 Å². The molecule has 2 aromatic carbocycles. The quantitative estimate of drug-likeness (QED) is 0.351. The number of aromatic nitrogens is 3. The van der Waals surface area contributed by atoms with Gasteiger partial charge in [0.25, 0.3) is 0 Å². The van der Waals surface area contributed by atoms with Gasteiger partial charge in [-0.1, -0.05) is 36.4 Å². The Morgan fingerprint density at radius 2 is 1.97 bits per heavy atom. The standard InChI is InChI=1S/C29H32N6O2/c1-20(16-30)23-7-5-6-22(14-23)18-37-19-34-12-10-24(11-13-34)32-28-15-26(25-8-3-4-9-27(25)36)33-29-21(2)17-31-35(28)29/h3-9,14-15,17,20,24,32,36H,10-13,18-19H2,1-2H3. The van der Waals surface area contributed by atoms with Crippen LogP contribution in [-0.4, -0.2) is 50.5 Å². The van der Waals surface area contributed by atoms with E-state index in [1.165, 1.54) is 0 Å². The number of rotatable bonds is 8. The highest BCUT2D eigenvalue weighted by atomic mass is 16.5. The number of phenolic OH excluding ortho intramolecular Hbond substituents is 1. The molecule has 2 N–H and O–H groups in total. The number of ether oxygens (including phenoxy) is 1. The zero-order valence-electron chi connectivity index (χ0n) is 21.3. The summed E-state index contributed by atoms with van der Waals surface area (Å²) >= 11 is 0. The number of likely N-dealkylation sites (tertiary alicyclic amines) is 1. The summed E-state index contributed by atoms with van der Waals surface area (Å²) in [5.41, 5.74) is 5.30. The number of nitrogens with zero attached hydrogens (tertiary/aromatic N) is 5. The van der Waals surface area contributed by atoms with Gasteiger partial charge in [0.05, 0.1) is 37.2 Å². The molecule has 1 unspecified atom stereocenters. The molecule has 4 aromatic rings. The fourth-order valence-electron chi connectivity index (χ4n) is 4.74. The maximum absolute atomic E-state index is 10.4. The molecule has 0 radical (unpaired) electrons. The van der Waals surface area contributed by atoms with E-state index in [0.717, 1.165) is 59.8 Å². The Bertz CT molecular complexity index is 1420. The molecule has 0 bridgehead atoms. The van der Waals surface area contributed by atoms with E-state index in [1.54, 1.807) is 6.07 Å². The molecule has 0 aliphatic carbocycles. The summed E-state index contributed by atoms with van der Waals surface area (Å²) in [6, 6.07) is 19.9. The summed E-state index contributed by atoms with van der Waals surface area (Å²) in [7, 11) is 0. The van der Waals surface area contributed by atoms with Gasteiger partial charge in [0.1, 0.15) is 11.6 Å². The molecule has 8 nitrogen and oxygen atoms in total. The van der Waals surface area contributed by atoms with Crippen LogP contribution in [0.2, 0.25) is 0 Å². The SMILES string of the molecule is Cc1cnn2c(NC3CCN(COCc4cccc(C(C)C#N)c4)CC3)cc(-c3ccccc3O)nc12. The lowest BCUT2D eigenvalue weighted by atomic mass is 10.0. The fraction of sp³-hybridized carbons (Fsp3) is 0.345. The van der Waals surface area contributed by atoms with Gasteiger partial charge in [0.2, 0.25) is 0 Å². The van der Waals surface area contributed by atoms with Crippen molar-refractivity contribution in [3.8, 4) is 23.1 Å². The molecule has 2 aromatic heterocycles. The van der Waals surface area contributed by atoms with E-state index in [-0.39, 0.29) is 11.7 Å². The maximum Gasteiger partial charge on any atom is 0.160 e. The van der Waals surface area contributed by atoms with E-state index in [1.807, 2.05) is 67.0 Å². The number of hydrogen-bond donors (Lipinski definition) is 2. The van der Waals surface area contributed by atoms with E-state index in [0.29, 0.717) is 24.9 Å². The van der Waals surface area contributed by atoms with Crippen LogP contribution in [0.1, 0.15) is 42.4 Å². The molecule has 190 valence electrons. The van der Waals surface area contributed by atoms with Crippen molar-refractivity contribution in [1.82, 2.24) is 19.5 Å². The summed E-state index contributed by atoms with van der Waals surface area (Å²) in [5.74, 6) is 0.966. The number of nitrogens with one attached hydrogen (secondary N) is 1. The van der Waals surface area contributed by atoms with Gasteiger partial charge in [0, 0.05) is 36.3 Å². The van der Waals surface area contributed by atoms with Gasteiger partial charge < -0.3 is 15.2 Å². The van der Waals surface area contributed by atoms with Crippen LogP contribution in [-0.2, 0) is 11.3 Å². The van der Waals surface area contributed by atoms with E-state index >= 15 is 0 Å². The van der Waals surface area contributed by atoms with Crippen molar-refractivity contribution in [3.63, 3.8) is 0 Å². The van der Waals surface area contributed by atoms with Crippen LogP contribution in [0.5, 0.6) is 5.75 Å². The zero-order chi connectivity index (χ0) is 25.8. The Labute approximate surface area is 217 Å². The molecule has 5 rings (SSSR count). The van der Waals surface area contributed by atoms with Crippen molar-refractivity contribution < 1.29 is 9.84 Å². The number of hydrogen-bond acceptors (Lipinski definition) is 7. The number of piperidine rings is 1. The minimum atomic E-state index is -0.117. The highest BCUT2D eigenvalue weighted by Crippen LogP contribution is 2.30. The van der Waals surface area contributed by atoms with Crippen LogP contribution in [0, 0.1) is 18.3 Å². The molecule has 0 spiro atoms. The first-order valence-electron chi connectivity index (χ1n) is 12.7. The van der Waals surface area contributed by atoms with Crippen molar-refractivity contribution >= 4 is 11.5 Å². The molecule has 3 heterocycles. The maximum atomic E-state index is 10.4. The van der Waals surface area contributed by atoms with Gasteiger partial charge in [-0.05, 0) is 49.9 Å². The van der Waals surface area contributed by atoms with Crippen molar-refractivity contribution in [2.45, 2.75) is 45.3 Å². The van der Waals surface area contributed by atoms with Crippen LogP contribution < -0.4 is 5.32 Å². The van der Waals surface area contributed by atoms with Crippen molar-refractivity contribution in [3.05, 3.63) is 77.5 Å². The molecule has 0 saturated carbocycles. The van der Waals surface area contributed by atoms with Gasteiger partial charge in [-0.3, -0.25) is 4.90 Å². The molecule has 1 fully saturated rings. The van der Waals surface area contributed by atoms with Crippen LogP contribution in [0.25, 0.3) is 16.9 Å². The first-order chi connectivity index (χ1) is 18.0. The monoisotopic (exact) mass is 496 g/mol. The van der Waals surface area contributed by atoms with E-state index in [2.05, 4.69) is 27.5 Å². The van der Waals surface area contributed by atoms with Gasteiger partial charge in [-0.15, -0.1) is 0 Å². The predicted molar refractivity (Wildman–Crippen MR) is 143 cm³/mol. The average molecular weight is 497 g/mol. The molecule has 37 heavy (non-hydrogen) atoms. The molecule has 1 aliphatic heterocycles. The predicted octanol–water partition coefficient (Wildman–Crippen LogP) is 5.09. The second-order valence-electron chi connectivity index (χ2n) is 9.72. The Morgan fingerprint density at radius 1 is 1.16 bits per heavy atom. The third-order valence-corrected chi connectivity index (χ3v) is 6.96. The number of benzene rings is 2. The largest absolute Gasteiger partial charge is 0.507 e. The van der Waals surface area contributed by atoms with E-state index < -0.39 is 0 Å². The molecule has 0 amide bonds. The fourth-order valence-corrected chi connectivity index (χ4v) is 4.74. The number of nitriles is 1. The number of aromatic hydroxyl groups is 1. The topological polar surface area (TPSA) is 98.7 Å². The summed E-state index contributed by atoms with van der Waals surface area (Å²) < 4.78 is 7.84. The summed E-state index contributed by atoms with van der Waals surface area (Å²) in [4.78, 5) is 7.10. The Balaban J connectivity index is 1.19. The van der Waals surface area contributed by atoms with Gasteiger partial charge in [-0.25, -0.2) is 4.98 Å². The molecular formula is C29H32N6O2. The van der Waals surface area contributed by atoms with Crippen molar-refractivity contribution in [2.24, 2.45) is 0 Å². The lowest BCUT2D eigenvalue weighted by molar-refractivity contribution is 0.00828. The third-order valence-electron chi connectivity index (χ3n) is 6.96. The van der Waals surface area contributed by atoms with Gasteiger partial charge in [-0.2, -0.15) is 14.9 Å². The Hall–Kier alpha value is -3.93. The van der Waals surface area contributed by atoms with Gasteiger partial charge >= 0.3 is 0 Å².